The summed E-state index contributed by atoms with van der Waals surface area (Å²) in [6, 6.07) is 0. The summed E-state index contributed by atoms with van der Waals surface area (Å²) in [5.41, 5.74) is 0. The van der Waals surface area contributed by atoms with Crippen molar-refractivity contribution in [1.82, 2.24) is 5.32 Å². The molecule has 0 aromatic carbocycles. The molecular formula is C7H19NO5S2. The van der Waals surface area contributed by atoms with Gasteiger partial charge in [0, 0.05) is 18.1 Å². The molecule has 0 aromatic heterocycles. The zero-order valence-electron chi connectivity index (χ0n) is 9.23. The lowest BCUT2D eigenvalue weighted by Gasteiger charge is -1.92. The molecule has 0 amide bonds. The molecule has 0 aromatic rings. The van der Waals surface area contributed by atoms with Gasteiger partial charge in [0.05, 0.1) is 5.75 Å². The van der Waals surface area contributed by atoms with Crippen molar-refractivity contribution in [2.75, 3.05) is 30.9 Å². The first-order valence-corrected chi connectivity index (χ1v) is 7.91. The second kappa shape index (κ2) is 8.03. The van der Waals surface area contributed by atoms with Crippen LogP contribution in [0.5, 0.6) is 0 Å². The molecule has 0 aliphatic rings. The molecule has 0 saturated carbocycles. The van der Waals surface area contributed by atoms with Crippen molar-refractivity contribution in [3.8, 4) is 0 Å². The largest absolute Gasteiger partial charge is 0.319 e. The Labute approximate surface area is 91.7 Å². The molecule has 0 aliphatic carbocycles. The quantitative estimate of drug-likeness (QED) is 0.649. The minimum absolute atomic E-state index is 0.219. The standard InChI is InChI=1S/C4H10O2S.C3H9NO3S/c1-3-7(5,6)4-2;1-4-2-3-8(5,6)7/h3-4H2,1-2H3;4H,2-3H2,1H3,(H,5,6,7). The summed E-state index contributed by atoms with van der Waals surface area (Å²) in [6.07, 6.45) is 0. The lowest BCUT2D eigenvalue weighted by Crippen LogP contribution is -2.18. The maximum atomic E-state index is 10.4. The van der Waals surface area contributed by atoms with Gasteiger partial charge in [-0.15, -0.1) is 0 Å². The summed E-state index contributed by atoms with van der Waals surface area (Å²) in [5, 5.41) is 2.59. The predicted octanol–water partition coefficient (Wildman–Crippen LogP) is -0.465. The smallest absolute Gasteiger partial charge is 0.266 e. The van der Waals surface area contributed by atoms with Crippen LogP contribution in [-0.4, -0.2) is 52.2 Å². The first kappa shape index (κ1) is 17.2. The number of sulfone groups is 1. The van der Waals surface area contributed by atoms with Crippen molar-refractivity contribution in [1.29, 1.82) is 0 Å². The van der Waals surface area contributed by atoms with Crippen molar-refractivity contribution in [3.05, 3.63) is 0 Å². The summed E-state index contributed by atoms with van der Waals surface area (Å²) in [6.45, 7) is 3.59. The van der Waals surface area contributed by atoms with Gasteiger partial charge in [-0.2, -0.15) is 8.42 Å². The molecule has 15 heavy (non-hydrogen) atoms. The van der Waals surface area contributed by atoms with Gasteiger partial charge in [-0.25, -0.2) is 8.42 Å². The highest BCUT2D eigenvalue weighted by molar-refractivity contribution is 7.91. The van der Waals surface area contributed by atoms with E-state index < -0.39 is 20.0 Å². The topological polar surface area (TPSA) is 101 Å². The molecule has 0 radical (unpaired) electrons. The first-order valence-electron chi connectivity index (χ1n) is 4.48. The number of rotatable bonds is 5. The second-order valence-corrected chi connectivity index (χ2v) is 6.92. The van der Waals surface area contributed by atoms with Crippen LogP contribution in [0.1, 0.15) is 13.8 Å². The maximum Gasteiger partial charge on any atom is 0.266 e. The third-order valence-corrected chi connectivity index (χ3v) is 3.97. The van der Waals surface area contributed by atoms with Crippen LogP contribution in [0.2, 0.25) is 0 Å². The minimum Gasteiger partial charge on any atom is -0.319 e. The molecule has 8 heteroatoms. The van der Waals surface area contributed by atoms with Gasteiger partial charge in [0.1, 0.15) is 9.84 Å². The molecule has 2 N–H and O–H groups in total. The molecule has 0 saturated heterocycles. The molecule has 0 rings (SSSR count). The van der Waals surface area contributed by atoms with E-state index >= 15 is 0 Å². The van der Waals surface area contributed by atoms with Gasteiger partial charge in [-0.1, -0.05) is 13.8 Å². The van der Waals surface area contributed by atoms with Crippen molar-refractivity contribution < 1.29 is 21.4 Å². The summed E-state index contributed by atoms with van der Waals surface area (Å²) in [7, 11) is -4.79. The van der Waals surface area contributed by atoms with Gasteiger partial charge in [0.25, 0.3) is 10.1 Å². The number of hydrogen-bond donors (Lipinski definition) is 2. The predicted molar refractivity (Wildman–Crippen MR) is 60.3 cm³/mol. The van der Waals surface area contributed by atoms with Crippen LogP contribution in [0.25, 0.3) is 0 Å². The first-order chi connectivity index (χ1) is 6.68. The molecule has 0 unspecified atom stereocenters. The molecular weight excluding hydrogens is 242 g/mol. The highest BCUT2D eigenvalue weighted by Crippen LogP contribution is 1.84. The van der Waals surface area contributed by atoms with Crippen molar-refractivity contribution in [3.63, 3.8) is 0 Å². The van der Waals surface area contributed by atoms with Gasteiger partial charge >= 0.3 is 0 Å². The van der Waals surface area contributed by atoms with E-state index in [1.165, 1.54) is 0 Å². The molecule has 94 valence electrons. The van der Waals surface area contributed by atoms with Crippen LogP contribution in [0.15, 0.2) is 0 Å². The van der Waals surface area contributed by atoms with Gasteiger partial charge in [-0.05, 0) is 7.05 Å². The van der Waals surface area contributed by atoms with Gasteiger partial charge in [-0.3, -0.25) is 4.55 Å². The summed E-state index contributed by atoms with van der Waals surface area (Å²) in [5.74, 6) is 0.316. The molecule has 0 heterocycles. The summed E-state index contributed by atoms with van der Waals surface area (Å²) < 4.78 is 48.6. The number of nitrogens with one attached hydrogen (secondary N) is 1. The summed E-state index contributed by atoms with van der Waals surface area (Å²) in [4.78, 5) is 0. The van der Waals surface area contributed by atoms with Gasteiger partial charge in [0.15, 0.2) is 0 Å². The Kier molecular flexibility index (Phi) is 9.22. The second-order valence-electron chi connectivity index (χ2n) is 2.71. The molecule has 0 aliphatic heterocycles. The highest BCUT2D eigenvalue weighted by Gasteiger charge is 2.00. The van der Waals surface area contributed by atoms with E-state index in [0.29, 0.717) is 6.54 Å². The Bertz CT molecular complexity index is 322. The Balaban J connectivity index is 0. The Morgan fingerprint density at radius 3 is 1.53 bits per heavy atom. The van der Waals surface area contributed by atoms with E-state index in [9.17, 15) is 16.8 Å². The zero-order valence-corrected chi connectivity index (χ0v) is 10.9. The van der Waals surface area contributed by atoms with Crippen molar-refractivity contribution >= 4 is 20.0 Å². The Morgan fingerprint density at radius 2 is 1.47 bits per heavy atom. The highest BCUT2D eigenvalue weighted by atomic mass is 32.2. The van der Waals surface area contributed by atoms with Crippen molar-refractivity contribution in [2.45, 2.75) is 13.8 Å². The Hall–Kier alpha value is -0.180. The normalized spacial score (nSPS) is 11.7. The van der Waals surface area contributed by atoms with E-state index in [4.69, 9.17) is 4.55 Å². The summed E-state index contributed by atoms with van der Waals surface area (Å²) >= 11 is 0. The van der Waals surface area contributed by atoms with Gasteiger partial charge in [0.2, 0.25) is 0 Å². The van der Waals surface area contributed by atoms with E-state index in [2.05, 4.69) is 5.32 Å². The minimum atomic E-state index is -3.75. The van der Waals surface area contributed by atoms with Crippen LogP contribution in [0.3, 0.4) is 0 Å². The average Bonchev–Trinajstić information content (AvgIpc) is 2.15. The van der Waals surface area contributed by atoms with Crippen LogP contribution < -0.4 is 5.32 Å². The average molecular weight is 261 g/mol. The fourth-order valence-corrected chi connectivity index (χ4v) is 1.31. The van der Waals surface area contributed by atoms with Crippen LogP contribution in [-0.2, 0) is 20.0 Å². The molecule has 0 atom stereocenters. The monoisotopic (exact) mass is 261 g/mol. The van der Waals surface area contributed by atoms with E-state index in [0.717, 1.165) is 0 Å². The van der Waals surface area contributed by atoms with Crippen LogP contribution in [0, 0.1) is 0 Å². The van der Waals surface area contributed by atoms with E-state index in [1.54, 1.807) is 20.9 Å². The Morgan fingerprint density at radius 1 is 1.07 bits per heavy atom. The van der Waals surface area contributed by atoms with Crippen LogP contribution >= 0.6 is 0 Å². The van der Waals surface area contributed by atoms with Gasteiger partial charge < -0.3 is 5.32 Å². The fraction of sp³-hybridized carbons (Fsp3) is 1.00. The maximum absolute atomic E-state index is 10.4. The fourth-order valence-electron chi connectivity index (χ4n) is 0.435. The number of hydrogen-bond acceptors (Lipinski definition) is 5. The molecule has 6 nitrogen and oxygen atoms in total. The molecule has 0 fully saturated rings. The lowest BCUT2D eigenvalue weighted by molar-refractivity contribution is 0.481. The zero-order chi connectivity index (χ0) is 12.5. The van der Waals surface area contributed by atoms with Crippen LogP contribution in [0.4, 0.5) is 0 Å². The lowest BCUT2D eigenvalue weighted by atomic mass is 10.8. The molecule has 0 bridgehead atoms. The van der Waals surface area contributed by atoms with E-state index in [-0.39, 0.29) is 17.3 Å². The SMILES string of the molecule is CCS(=O)(=O)CC.CNCCS(=O)(=O)O. The molecule has 0 spiro atoms. The van der Waals surface area contributed by atoms with Crippen molar-refractivity contribution in [2.24, 2.45) is 0 Å². The third kappa shape index (κ3) is 16.5. The third-order valence-electron chi connectivity index (χ3n) is 1.49. The van der Waals surface area contributed by atoms with E-state index in [1.807, 2.05) is 0 Å².